The van der Waals surface area contributed by atoms with Crippen molar-refractivity contribution in [3.05, 3.63) is 62.0 Å². The van der Waals surface area contributed by atoms with Gasteiger partial charge in [-0.1, -0.05) is 12.1 Å². The SMILES string of the molecule is O=[N+]([O-])c1c(F)cccc1Nc1cccc(I)c1. The molecule has 4 nitrogen and oxygen atoms in total. The van der Waals surface area contributed by atoms with Gasteiger partial charge in [0.15, 0.2) is 0 Å². The molecule has 0 bridgehead atoms. The molecule has 6 heteroatoms. The summed E-state index contributed by atoms with van der Waals surface area (Å²) in [6, 6.07) is 11.3. The molecule has 92 valence electrons. The number of hydrogen-bond acceptors (Lipinski definition) is 3. The van der Waals surface area contributed by atoms with Gasteiger partial charge in [0.1, 0.15) is 5.69 Å². The largest absolute Gasteiger partial charge is 0.350 e. The lowest BCUT2D eigenvalue weighted by atomic mass is 10.2. The summed E-state index contributed by atoms with van der Waals surface area (Å²) in [4.78, 5) is 10.1. The van der Waals surface area contributed by atoms with Gasteiger partial charge in [-0.2, -0.15) is 4.39 Å². The minimum atomic E-state index is -0.851. The number of nitro groups is 1. The Labute approximate surface area is 116 Å². The lowest BCUT2D eigenvalue weighted by Gasteiger charge is -2.07. The van der Waals surface area contributed by atoms with Gasteiger partial charge in [-0.25, -0.2) is 0 Å². The van der Waals surface area contributed by atoms with Gasteiger partial charge in [0, 0.05) is 9.26 Å². The van der Waals surface area contributed by atoms with Crippen LogP contribution in [0.5, 0.6) is 0 Å². The number of benzene rings is 2. The maximum absolute atomic E-state index is 13.4. The fraction of sp³-hybridized carbons (Fsp3) is 0. The van der Waals surface area contributed by atoms with Crippen molar-refractivity contribution < 1.29 is 9.31 Å². The zero-order valence-electron chi connectivity index (χ0n) is 9.06. The van der Waals surface area contributed by atoms with Crippen molar-refractivity contribution >= 4 is 39.7 Å². The third-order valence-electron chi connectivity index (χ3n) is 2.27. The highest BCUT2D eigenvalue weighted by Crippen LogP contribution is 2.30. The van der Waals surface area contributed by atoms with Gasteiger partial charge in [-0.05, 0) is 52.9 Å². The maximum atomic E-state index is 13.4. The summed E-state index contributed by atoms with van der Waals surface area (Å²) in [5.74, 6) is -0.851. The first-order chi connectivity index (χ1) is 8.58. The number of nitrogens with one attached hydrogen (secondary N) is 1. The zero-order valence-corrected chi connectivity index (χ0v) is 11.2. The van der Waals surface area contributed by atoms with Crippen LogP contribution in [-0.4, -0.2) is 4.92 Å². The van der Waals surface area contributed by atoms with Crippen LogP contribution in [0.3, 0.4) is 0 Å². The molecule has 0 unspecified atom stereocenters. The second kappa shape index (κ2) is 5.30. The quantitative estimate of drug-likeness (QED) is 0.511. The van der Waals surface area contributed by atoms with Gasteiger partial charge < -0.3 is 5.32 Å². The summed E-state index contributed by atoms with van der Waals surface area (Å²) >= 11 is 2.13. The number of nitro benzene ring substituents is 1. The predicted molar refractivity (Wildman–Crippen MR) is 75.5 cm³/mol. The van der Waals surface area contributed by atoms with Gasteiger partial charge in [0.2, 0.25) is 5.82 Å². The molecule has 2 aromatic rings. The normalized spacial score (nSPS) is 10.1. The molecule has 0 atom stereocenters. The van der Waals surface area contributed by atoms with Crippen LogP contribution in [-0.2, 0) is 0 Å². The number of nitrogens with zero attached hydrogens (tertiary/aromatic N) is 1. The monoisotopic (exact) mass is 358 g/mol. The molecule has 0 saturated heterocycles. The van der Waals surface area contributed by atoms with Crippen LogP contribution in [0.25, 0.3) is 0 Å². The molecule has 2 rings (SSSR count). The van der Waals surface area contributed by atoms with Crippen LogP contribution >= 0.6 is 22.6 Å². The minimum Gasteiger partial charge on any atom is -0.350 e. The van der Waals surface area contributed by atoms with Gasteiger partial charge in [0.25, 0.3) is 0 Å². The Balaban J connectivity index is 2.40. The lowest BCUT2D eigenvalue weighted by Crippen LogP contribution is -1.99. The van der Waals surface area contributed by atoms with Crippen LogP contribution in [0.4, 0.5) is 21.5 Å². The summed E-state index contributed by atoms with van der Waals surface area (Å²) in [5.41, 5.74) is 0.272. The van der Waals surface area contributed by atoms with Crippen molar-refractivity contribution in [3.63, 3.8) is 0 Å². The highest BCUT2D eigenvalue weighted by Gasteiger charge is 2.19. The van der Waals surface area contributed by atoms with E-state index >= 15 is 0 Å². The Kier molecular flexibility index (Phi) is 3.75. The molecule has 0 radical (unpaired) electrons. The average molecular weight is 358 g/mol. The zero-order chi connectivity index (χ0) is 13.1. The number of anilines is 2. The molecular weight excluding hydrogens is 350 g/mol. The molecule has 0 fully saturated rings. The Morgan fingerprint density at radius 3 is 2.61 bits per heavy atom. The molecule has 0 aliphatic heterocycles. The number of hydrogen-bond donors (Lipinski definition) is 1. The number of para-hydroxylation sites is 1. The third-order valence-corrected chi connectivity index (χ3v) is 2.94. The van der Waals surface area contributed by atoms with Crippen molar-refractivity contribution in [2.45, 2.75) is 0 Å². The van der Waals surface area contributed by atoms with E-state index in [1.807, 2.05) is 18.2 Å². The Morgan fingerprint density at radius 2 is 1.94 bits per heavy atom. The van der Waals surface area contributed by atoms with Gasteiger partial charge in [-0.15, -0.1) is 0 Å². The second-order valence-electron chi connectivity index (χ2n) is 3.53. The van der Waals surface area contributed by atoms with Crippen molar-refractivity contribution in [1.82, 2.24) is 0 Å². The van der Waals surface area contributed by atoms with E-state index in [1.54, 1.807) is 6.07 Å². The molecule has 18 heavy (non-hydrogen) atoms. The highest BCUT2D eigenvalue weighted by molar-refractivity contribution is 14.1. The summed E-state index contributed by atoms with van der Waals surface area (Å²) in [7, 11) is 0. The van der Waals surface area contributed by atoms with Crippen molar-refractivity contribution in [2.24, 2.45) is 0 Å². The number of halogens is 2. The van der Waals surface area contributed by atoms with E-state index in [2.05, 4.69) is 27.9 Å². The maximum Gasteiger partial charge on any atom is 0.327 e. The first kappa shape index (κ1) is 12.7. The molecule has 2 aromatic carbocycles. The first-order valence-corrected chi connectivity index (χ1v) is 6.11. The van der Waals surface area contributed by atoms with Crippen molar-refractivity contribution in [2.75, 3.05) is 5.32 Å². The Hall–Kier alpha value is -1.70. The third kappa shape index (κ3) is 2.76. The van der Waals surface area contributed by atoms with Crippen molar-refractivity contribution in [1.29, 1.82) is 0 Å². The molecule has 0 spiro atoms. The van der Waals surface area contributed by atoms with Gasteiger partial charge in [0.05, 0.1) is 4.92 Å². The molecule has 0 heterocycles. The van der Waals surface area contributed by atoms with Crippen LogP contribution in [0.2, 0.25) is 0 Å². The first-order valence-electron chi connectivity index (χ1n) is 5.03. The van der Waals surface area contributed by atoms with E-state index in [4.69, 9.17) is 0 Å². The summed E-state index contributed by atoms with van der Waals surface area (Å²) < 4.78 is 14.4. The Morgan fingerprint density at radius 1 is 1.22 bits per heavy atom. The fourth-order valence-electron chi connectivity index (χ4n) is 1.52. The molecular formula is C12H8FIN2O2. The van der Waals surface area contributed by atoms with Crippen LogP contribution in [0.15, 0.2) is 42.5 Å². The topological polar surface area (TPSA) is 55.2 Å². The predicted octanol–water partition coefficient (Wildman–Crippen LogP) is 4.08. The van der Waals surface area contributed by atoms with E-state index in [0.29, 0.717) is 5.69 Å². The minimum absolute atomic E-state index is 0.141. The lowest BCUT2D eigenvalue weighted by molar-refractivity contribution is -0.386. The van der Waals surface area contributed by atoms with Crippen LogP contribution in [0.1, 0.15) is 0 Å². The number of rotatable bonds is 3. The summed E-state index contributed by atoms with van der Waals surface area (Å²) in [6.07, 6.45) is 0. The molecule has 0 aromatic heterocycles. The van der Waals surface area contributed by atoms with E-state index in [0.717, 1.165) is 9.64 Å². The van der Waals surface area contributed by atoms with E-state index in [9.17, 15) is 14.5 Å². The average Bonchev–Trinajstić information content (AvgIpc) is 2.28. The molecule has 1 N–H and O–H groups in total. The molecule has 0 saturated carbocycles. The Bertz CT molecular complexity index is 604. The smallest absolute Gasteiger partial charge is 0.327 e. The fourth-order valence-corrected chi connectivity index (χ4v) is 2.07. The summed E-state index contributed by atoms with van der Waals surface area (Å²) in [6.45, 7) is 0. The van der Waals surface area contributed by atoms with Crippen LogP contribution in [0, 0.1) is 19.5 Å². The molecule has 0 aliphatic rings. The molecule has 0 amide bonds. The van der Waals surface area contributed by atoms with Crippen molar-refractivity contribution in [3.8, 4) is 0 Å². The van der Waals surface area contributed by atoms with Gasteiger partial charge in [-0.3, -0.25) is 10.1 Å². The van der Waals surface area contributed by atoms with Gasteiger partial charge >= 0.3 is 5.69 Å². The van der Waals surface area contributed by atoms with E-state index < -0.39 is 16.4 Å². The molecule has 0 aliphatic carbocycles. The van der Waals surface area contributed by atoms with Crippen LogP contribution < -0.4 is 5.32 Å². The van der Waals surface area contributed by atoms with E-state index in [-0.39, 0.29) is 5.69 Å². The van der Waals surface area contributed by atoms with E-state index in [1.165, 1.54) is 12.1 Å². The highest BCUT2D eigenvalue weighted by atomic mass is 127. The summed E-state index contributed by atoms with van der Waals surface area (Å²) in [5, 5.41) is 13.7. The second-order valence-corrected chi connectivity index (χ2v) is 4.77. The standard InChI is InChI=1S/C12H8FIN2O2/c13-10-5-2-6-11(12(10)16(17)18)15-9-4-1-3-8(14)7-9/h1-7,15H.